The molecule has 6 aliphatic heterocycles. The van der Waals surface area contributed by atoms with Gasteiger partial charge in [-0.15, -0.1) is 0 Å². The van der Waals surface area contributed by atoms with Gasteiger partial charge in [-0.05, 0) is 42.3 Å². The molecule has 8 aromatic heterocycles. The molecule has 0 aliphatic carbocycles. The minimum absolute atomic E-state index is 0.0586. The van der Waals surface area contributed by atoms with Crippen molar-refractivity contribution >= 4 is 158 Å². The lowest BCUT2D eigenvalue weighted by molar-refractivity contribution is -0.0612. The summed E-state index contributed by atoms with van der Waals surface area (Å²) >= 11 is 21.4. The van der Waals surface area contributed by atoms with E-state index in [0.29, 0.717) is 10.4 Å². The highest BCUT2D eigenvalue weighted by molar-refractivity contribution is 8.44. The second-order valence-electron chi connectivity index (χ2n) is 20.3. The lowest BCUT2D eigenvalue weighted by Crippen LogP contribution is -2.38. The molecule has 20 atom stereocenters. The monoisotopic (exact) mass is 1460 g/mol. The summed E-state index contributed by atoms with van der Waals surface area (Å²) in [6.07, 6.45) is -15.9. The Balaban J connectivity index is 0.000000167. The van der Waals surface area contributed by atoms with Crippen LogP contribution in [0.5, 0.6) is 0 Å². The van der Waals surface area contributed by atoms with Gasteiger partial charge in [-0.2, -0.15) is 0 Å². The predicted octanol–water partition coefficient (Wildman–Crippen LogP) is 1.41. The molecular formula is C42H47F2N17O20P4S6. The summed E-state index contributed by atoms with van der Waals surface area (Å²) in [6, 6.07) is 0. The van der Waals surface area contributed by atoms with Gasteiger partial charge in [0, 0.05) is 7.11 Å². The highest BCUT2D eigenvalue weighted by atomic mass is 32.7. The van der Waals surface area contributed by atoms with E-state index in [1.54, 1.807) is 6.92 Å². The van der Waals surface area contributed by atoms with Gasteiger partial charge < -0.3 is 74.2 Å². The van der Waals surface area contributed by atoms with E-state index in [1.165, 1.54) is 54.2 Å². The quantitative estimate of drug-likeness (QED) is 0.0892. The van der Waals surface area contributed by atoms with Crippen LogP contribution in [0.15, 0.2) is 47.6 Å². The molecule has 0 spiro atoms. The number of imidazole rings is 2. The van der Waals surface area contributed by atoms with Crippen LogP contribution in [-0.4, -0.2) is 195 Å². The van der Waals surface area contributed by atoms with Crippen molar-refractivity contribution < 1.29 is 93.0 Å². The number of aromatic nitrogens is 14. The molecule has 6 saturated heterocycles. The SMILES string of the molecule is CO[C@H]1[C@H]2OP(O)(=S)OC[C@H]3O[C@@H](n4cnc5c(N)ncnc54)[C@H](F)[C@@H]3OP(O)(=S)OC[C@H]1O[C@H]2n1c(=O)sc2c(N)ncnc21.Cc1ncnc2c1sc(=O)n2[C@@H]1O[C@@H]2COP(O)(=S)O[C@H]3[C@@H](F)[C@H](n4cnc5c(N)ncnc54)O[C@@H]3COP(=O)(S)O[C@H]2[C@H]1O. The molecule has 49 heteroatoms. The van der Waals surface area contributed by atoms with Crippen LogP contribution in [0.25, 0.3) is 43.0 Å². The number of nitrogens with zero attached hydrogens (tertiary/aromatic N) is 14. The first-order valence-electron chi connectivity index (χ1n) is 26.2. The highest BCUT2D eigenvalue weighted by Gasteiger charge is 2.56. The summed E-state index contributed by atoms with van der Waals surface area (Å²) in [7, 11) is 1.32. The number of aliphatic hydroxyl groups excluding tert-OH is 1. The first-order valence-corrected chi connectivity index (χ1v) is 38.3. The number of fused-ring (bicyclic) bond motifs is 9. The molecule has 490 valence electrons. The number of anilines is 3. The van der Waals surface area contributed by atoms with Crippen molar-refractivity contribution in [2.75, 3.05) is 50.7 Å². The van der Waals surface area contributed by atoms with Gasteiger partial charge in [-0.25, -0.2) is 63.2 Å². The van der Waals surface area contributed by atoms with Gasteiger partial charge in [-0.3, -0.25) is 50.5 Å². The zero-order chi connectivity index (χ0) is 64.4. The maximum Gasteiger partial charge on any atom is 0.386 e. The van der Waals surface area contributed by atoms with Crippen molar-refractivity contribution in [1.29, 1.82) is 0 Å². The molecule has 14 rings (SSSR count). The summed E-state index contributed by atoms with van der Waals surface area (Å²) in [5.41, 5.74) is 19.2. The average molecular weight is 1460 g/mol. The van der Waals surface area contributed by atoms with Crippen LogP contribution in [-0.2, 0) is 99.9 Å². The number of hydrogen-bond acceptors (Lipinski definition) is 35. The molecule has 37 nitrogen and oxygen atoms in total. The molecule has 6 fully saturated rings. The van der Waals surface area contributed by atoms with Crippen LogP contribution in [0.1, 0.15) is 30.6 Å². The van der Waals surface area contributed by atoms with E-state index in [0.717, 1.165) is 31.8 Å². The lowest BCUT2D eigenvalue weighted by Gasteiger charge is -2.29. The summed E-state index contributed by atoms with van der Waals surface area (Å²) in [4.78, 5) is 98.8. The van der Waals surface area contributed by atoms with Crippen LogP contribution in [0.3, 0.4) is 0 Å². The number of rotatable bonds is 5. The van der Waals surface area contributed by atoms with Crippen molar-refractivity contribution in [3.05, 3.63) is 63.0 Å². The molecular weight excluding hydrogens is 1420 g/mol. The van der Waals surface area contributed by atoms with Gasteiger partial charge in [0.05, 0.1) is 49.5 Å². The Morgan fingerprint density at radius 2 is 0.989 bits per heavy atom. The van der Waals surface area contributed by atoms with Gasteiger partial charge in [0.15, 0.2) is 71.5 Å². The summed E-state index contributed by atoms with van der Waals surface area (Å²) in [5.74, 6) is 0.189. The number of halogens is 2. The Morgan fingerprint density at radius 1 is 0.571 bits per heavy atom. The molecule has 91 heavy (non-hydrogen) atoms. The Hall–Kier alpha value is -4.25. The molecule has 0 radical (unpaired) electrons. The molecule has 14 heterocycles. The first-order chi connectivity index (χ1) is 43.2. The van der Waals surface area contributed by atoms with Crippen LogP contribution in [0, 0.1) is 6.92 Å². The summed E-state index contributed by atoms with van der Waals surface area (Å²) in [6.45, 7) is -17.6. The Labute approximate surface area is 534 Å². The van der Waals surface area contributed by atoms with Crippen molar-refractivity contribution in [2.45, 2.75) is 105 Å². The fourth-order valence-corrected chi connectivity index (χ4v) is 18.3. The van der Waals surface area contributed by atoms with Crippen molar-refractivity contribution in [3.8, 4) is 0 Å². The minimum Gasteiger partial charge on any atom is -0.386 e. The molecule has 0 amide bonds. The van der Waals surface area contributed by atoms with Crippen LogP contribution >= 0.6 is 61.9 Å². The number of nitrogens with two attached hydrogens (primary N) is 3. The van der Waals surface area contributed by atoms with Gasteiger partial charge >= 0.3 is 36.7 Å². The predicted molar refractivity (Wildman–Crippen MR) is 324 cm³/mol. The average Bonchev–Trinajstić information content (AvgIpc) is 1.63. The van der Waals surface area contributed by atoms with E-state index >= 15 is 8.78 Å². The van der Waals surface area contributed by atoms with Crippen LogP contribution in [0.4, 0.5) is 26.2 Å². The second-order valence-corrected chi connectivity index (χ2v) is 33.5. The Morgan fingerprint density at radius 3 is 1.53 bits per heavy atom. The number of nitrogen functional groups attached to an aromatic ring is 3. The van der Waals surface area contributed by atoms with Crippen LogP contribution < -0.4 is 26.9 Å². The van der Waals surface area contributed by atoms with Crippen LogP contribution in [0.2, 0.25) is 0 Å². The number of alkyl halides is 2. The third-order valence-electron chi connectivity index (χ3n) is 14.9. The Kier molecular flexibility index (Phi) is 18.0. The van der Waals surface area contributed by atoms with E-state index in [4.69, 9.17) is 112 Å². The van der Waals surface area contributed by atoms with E-state index in [-0.39, 0.29) is 55.8 Å². The van der Waals surface area contributed by atoms with E-state index in [1.807, 2.05) is 0 Å². The maximum absolute atomic E-state index is 16.1. The molecule has 0 saturated carbocycles. The van der Waals surface area contributed by atoms with Gasteiger partial charge in [0.25, 0.3) is 0 Å². The van der Waals surface area contributed by atoms with Crippen molar-refractivity contribution in [2.24, 2.45) is 0 Å². The molecule has 8 aromatic rings. The number of thiazole rings is 2. The fourth-order valence-electron chi connectivity index (χ4n) is 10.8. The molecule has 2 bridgehead atoms. The number of ether oxygens (including phenoxy) is 5. The number of hydrogen-bond donors (Lipinski definition) is 8. The Bertz CT molecular complexity index is 4470. The van der Waals surface area contributed by atoms with E-state index in [9.17, 15) is 33.9 Å². The first kappa shape index (κ1) is 65.4. The third kappa shape index (κ3) is 12.5. The number of methoxy groups -OCH3 is 1. The van der Waals surface area contributed by atoms with Gasteiger partial charge in [-0.1, -0.05) is 34.9 Å². The lowest BCUT2D eigenvalue weighted by atomic mass is 10.1. The number of thiol groups is 1. The van der Waals surface area contributed by atoms with Crippen molar-refractivity contribution in [3.63, 3.8) is 0 Å². The minimum atomic E-state index is -4.35. The molecule has 10 N–H and O–H groups in total. The highest BCUT2D eigenvalue weighted by Crippen LogP contribution is 2.59. The zero-order valence-electron chi connectivity index (χ0n) is 45.9. The van der Waals surface area contributed by atoms with E-state index in [2.05, 4.69) is 62.1 Å². The summed E-state index contributed by atoms with van der Waals surface area (Å²) < 4.78 is 126. The fraction of sp³-hybridized carbons (Fsp3) is 0.524. The normalized spacial score (nSPS) is 37.4. The molecule has 0 aromatic carbocycles. The molecule has 4 unspecified atom stereocenters. The van der Waals surface area contributed by atoms with Crippen molar-refractivity contribution in [1.82, 2.24) is 68.1 Å². The number of aryl methyl sites for hydroxylation is 1. The standard InChI is InChI=1S/C21H24FN9O10P2S3.C21H23FN8O10P2S3/c1-35-12-8-3-37-42(33,44)40-11-7(38-19(9(11)22)30-6-29-10-15(23)25-4-27-17(10)30)2-36-43(34,45)41-13(12)20(39-8)31-18-14(46-21(31)32)16(24)26-5-28-18;1-7-15-18(27-4-24-7)30(21(32)45-15)20-12(31)14-9(38-20)3-36-41(33,43)39-13-8(2-35-42(34,44)40-14)37-19(10(13)22)29-6-28-11-16(23)25-5-26-17(11)29/h4-9,11-13,19-20H,2-3H2,1H3,(H,33,44)(H,34,45)(H2,23,25,27)(H2,24,26,28);4-6,8-10,12-14,19-20,31H,2-3H2,1H3,(H,33,43)(H,34,44)(H2,23,25,26)/t7-,8-,9-,11-,12-,13-,19-,20-,42?,43?;8-,9-,10-,12-,13-,14-,19-,20-,41?,42?/m11/s1. The maximum atomic E-state index is 16.1. The van der Waals surface area contributed by atoms with E-state index < -0.39 is 161 Å². The third-order valence-corrected chi connectivity index (χ3v) is 23.2. The van der Waals surface area contributed by atoms with Gasteiger partial charge in [0.2, 0.25) is 0 Å². The topological polar surface area (TPSA) is 479 Å². The largest absolute Gasteiger partial charge is 0.386 e. The van der Waals surface area contributed by atoms with Gasteiger partial charge in [0.1, 0.15) is 108 Å². The zero-order valence-corrected chi connectivity index (χ0v) is 54.4. The summed E-state index contributed by atoms with van der Waals surface area (Å²) in [5, 5.41) is 11.3. The molecule has 6 aliphatic rings. The number of aliphatic hydroxyl groups is 1. The second kappa shape index (κ2) is 25.1. The smallest absolute Gasteiger partial charge is 0.386 e.